The molecule has 0 radical (unpaired) electrons. The molecule has 2 unspecified atom stereocenters. The lowest BCUT2D eigenvalue weighted by molar-refractivity contribution is -0.137. The predicted molar refractivity (Wildman–Crippen MR) is 129 cm³/mol. The van der Waals surface area contributed by atoms with Crippen LogP contribution in [0.4, 0.5) is 23.7 Å². The van der Waals surface area contributed by atoms with Gasteiger partial charge in [-0.25, -0.2) is 4.79 Å². The Morgan fingerprint density at radius 2 is 1.94 bits per heavy atom. The molecule has 0 saturated carbocycles. The van der Waals surface area contributed by atoms with Crippen LogP contribution in [0.25, 0.3) is 22.0 Å². The van der Waals surface area contributed by atoms with Gasteiger partial charge >= 0.3 is 12.3 Å². The van der Waals surface area contributed by atoms with Gasteiger partial charge in [-0.15, -0.1) is 0 Å². The van der Waals surface area contributed by atoms with Crippen molar-refractivity contribution in [1.82, 2.24) is 10.3 Å². The molecule has 0 bridgehead atoms. The summed E-state index contributed by atoms with van der Waals surface area (Å²) in [6, 6.07) is 11.2. The maximum absolute atomic E-state index is 13.4. The highest BCUT2D eigenvalue weighted by molar-refractivity contribution is 7.84. The summed E-state index contributed by atoms with van der Waals surface area (Å²) in [4.78, 5) is 29.1. The summed E-state index contributed by atoms with van der Waals surface area (Å²) in [7, 11) is -0.980. The van der Waals surface area contributed by atoms with Crippen LogP contribution in [0.3, 0.4) is 0 Å². The van der Waals surface area contributed by atoms with E-state index in [2.05, 4.69) is 10.3 Å². The number of halogens is 3. The number of carbonyl (C=O) groups excluding carboxylic acids is 1. The van der Waals surface area contributed by atoms with E-state index in [1.807, 2.05) is 6.92 Å². The van der Waals surface area contributed by atoms with E-state index in [9.17, 15) is 27.0 Å². The zero-order valence-corrected chi connectivity index (χ0v) is 19.7. The first kappa shape index (κ1) is 24.9. The fourth-order valence-corrected chi connectivity index (χ4v) is 4.94. The highest BCUT2D eigenvalue weighted by Gasteiger charge is 2.34. The smallest absolute Gasteiger partial charge is 0.417 e. The van der Waals surface area contributed by atoms with Gasteiger partial charge in [0.05, 0.1) is 18.0 Å². The van der Waals surface area contributed by atoms with Gasteiger partial charge in [0.2, 0.25) is 0 Å². The molecule has 3 aromatic rings. The fourth-order valence-electron chi connectivity index (χ4n) is 4.00. The third-order valence-electron chi connectivity index (χ3n) is 5.60. The summed E-state index contributed by atoms with van der Waals surface area (Å²) in [5.74, 6) is 0.908. The topological polar surface area (TPSA) is 91.5 Å². The average molecular weight is 508 g/mol. The van der Waals surface area contributed by atoms with Gasteiger partial charge in [0.25, 0.3) is 5.56 Å². The maximum Gasteiger partial charge on any atom is 0.417 e. The number of aromatic nitrogens is 1. The minimum absolute atomic E-state index is 0.0513. The highest BCUT2D eigenvalue weighted by atomic mass is 32.2. The predicted octanol–water partition coefficient (Wildman–Crippen LogP) is 4.24. The van der Waals surface area contributed by atoms with Crippen molar-refractivity contribution < 1.29 is 26.9 Å². The maximum atomic E-state index is 13.4. The molecule has 0 aliphatic carbocycles. The van der Waals surface area contributed by atoms with Crippen LogP contribution >= 0.6 is 0 Å². The third kappa shape index (κ3) is 5.57. The summed E-state index contributed by atoms with van der Waals surface area (Å²) in [6.45, 7) is 2.53. The molecule has 2 heterocycles. The van der Waals surface area contributed by atoms with Gasteiger partial charge in [0.15, 0.2) is 0 Å². The number of anilines is 1. The summed E-state index contributed by atoms with van der Waals surface area (Å²) < 4.78 is 57.4. The van der Waals surface area contributed by atoms with Gasteiger partial charge in [-0.2, -0.15) is 13.2 Å². The first-order valence-electron chi connectivity index (χ1n) is 11.0. The number of nitrogens with one attached hydrogen (secondary N) is 2. The van der Waals surface area contributed by atoms with Crippen molar-refractivity contribution in [3.05, 3.63) is 64.4 Å². The lowest BCUT2D eigenvalue weighted by Crippen LogP contribution is -2.33. The first-order valence-corrected chi connectivity index (χ1v) is 12.5. The zero-order chi connectivity index (χ0) is 25.2. The largest absolute Gasteiger partial charge is 0.443 e. The number of pyridine rings is 1. The molecule has 7 nitrogen and oxygen atoms in total. The molecule has 1 amide bonds. The van der Waals surface area contributed by atoms with Gasteiger partial charge < -0.3 is 15.0 Å². The number of nitrogens with zero attached hydrogens (tertiary/aromatic N) is 1. The van der Waals surface area contributed by atoms with E-state index >= 15 is 0 Å². The number of alkyl halides is 3. The van der Waals surface area contributed by atoms with Crippen molar-refractivity contribution in [3.8, 4) is 11.3 Å². The zero-order valence-electron chi connectivity index (χ0n) is 18.9. The molecule has 2 aromatic carbocycles. The number of carbonyl (C=O) groups is 1. The molecule has 1 saturated heterocycles. The molecular formula is C24H24F3N3O4S. The minimum Gasteiger partial charge on any atom is -0.443 e. The molecule has 0 spiro atoms. The minimum atomic E-state index is -4.57. The molecule has 4 rings (SSSR count). The van der Waals surface area contributed by atoms with E-state index in [-0.39, 0.29) is 23.2 Å². The monoisotopic (exact) mass is 507 g/mol. The van der Waals surface area contributed by atoms with Crippen LogP contribution in [0.15, 0.2) is 53.3 Å². The number of rotatable bonds is 8. The second-order valence-electron chi connectivity index (χ2n) is 8.19. The van der Waals surface area contributed by atoms with Crippen molar-refractivity contribution in [2.24, 2.45) is 0 Å². The molecule has 1 fully saturated rings. The lowest BCUT2D eigenvalue weighted by atomic mass is 10.0. The second kappa shape index (κ2) is 10.2. The summed E-state index contributed by atoms with van der Waals surface area (Å²) in [5, 5.41) is 3.72. The quantitative estimate of drug-likeness (QED) is 0.476. The van der Waals surface area contributed by atoms with Gasteiger partial charge in [-0.3, -0.25) is 13.9 Å². The SMILES string of the molecule is CCCS(=O)CNCC1CN(c2ccc3cc(-c4ccccc4C(F)(F)F)[nH]c(=O)c3c2)C(=O)O1. The fraction of sp³-hybridized carbons (Fsp3) is 0.333. The van der Waals surface area contributed by atoms with E-state index in [1.165, 1.54) is 35.2 Å². The number of ether oxygens (including phenoxy) is 1. The number of hydrogen-bond acceptors (Lipinski definition) is 5. The van der Waals surface area contributed by atoms with Crippen LogP contribution in [0.2, 0.25) is 0 Å². The molecule has 11 heteroatoms. The molecule has 1 aliphatic heterocycles. The lowest BCUT2D eigenvalue weighted by Gasteiger charge is -2.15. The summed E-state index contributed by atoms with van der Waals surface area (Å²) in [5.41, 5.74) is -1.05. The van der Waals surface area contributed by atoms with Crippen LogP contribution in [-0.4, -0.2) is 46.1 Å². The number of aromatic amines is 1. The Labute approximate surface area is 201 Å². The molecule has 2 atom stereocenters. The summed E-state index contributed by atoms with van der Waals surface area (Å²) >= 11 is 0. The Bertz CT molecular complexity index is 1330. The van der Waals surface area contributed by atoms with E-state index in [0.29, 0.717) is 29.2 Å². The number of hydrogen-bond donors (Lipinski definition) is 2. The number of amides is 1. The van der Waals surface area contributed by atoms with Crippen LogP contribution in [0.1, 0.15) is 18.9 Å². The van der Waals surface area contributed by atoms with E-state index in [1.54, 1.807) is 12.1 Å². The standard InChI is InChI=1S/C24H24F3N3O4S/c1-2-9-35(33)14-28-12-17-13-30(23(32)34-17)16-8-7-15-10-21(29-22(31)19(15)11-16)18-5-3-4-6-20(18)24(25,26)27/h3-8,10-11,17,28H,2,9,12-14H2,1H3,(H,29,31). The second-order valence-corrected chi connectivity index (χ2v) is 9.76. The number of H-pyrrole nitrogens is 1. The van der Waals surface area contributed by atoms with Gasteiger partial charge in [0.1, 0.15) is 6.10 Å². The van der Waals surface area contributed by atoms with Crippen LogP contribution < -0.4 is 15.8 Å². The van der Waals surface area contributed by atoms with E-state index in [4.69, 9.17) is 4.74 Å². The Balaban J connectivity index is 1.55. The molecule has 2 N–H and O–H groups in total. The Morgan fingerprint density at radius 1 is 1.17 bits per heavy atom. The number of fused-ring (bicyclic) bond motifs is 1. The van der Waals surface area contributed by atoms with E-state index in [0.717, 1.165) is 12.5 Å². The van der Waals surface area contributed by atoms with E-state index < -0.39 is 40.3 Å². The molecular weight excluding hydrogens is 483 g/mol. The normalized spacial score (nSPS) is 17.1. The van der Waals surface area contributed by atoms with Crippen LogP contribution in [-0.2, 0) is 21.7 Å². The third-order valence-corrected chi connectivity index (χ3v) is 6.99. The molecule has 186 valence electrons. The number of cyclic esters (lactones) is 1. The molecule has 35 heavy (non-hydrogen) atoms. The van der Waals surface area contributed by atoms with Crippen molar-refractivity contribution >= 4 is 33.4 Å². The van der Waals surface area contributed by atoms with Crippen LogP contribution in [0.5, 0.6) is 0 Å². The van der Waals surface area contributed by atoms with Gasteiger partial charge in [-0.1, -0.05) is 31.2 Å². The van der Waals surface area contributed by atoms with Gasteiger partial charge in [-0.05, 0) is 36.1 Å². The Morgan fingerprint density at radius 3 is 2.69 bits per heavy atom. The first-order chi connectivity index (χ1) is 16.7. The van der Waals surface area contributed by atoms with Crippen molar-refractivity contribution in [3.63, 3.8) is 0 Å². The summed E-state index contributed by atoms with van der Waals surface area (Å²) in [6.07, 6.45) is -4.77. The van der Waals surface area contributed by atoms with Crippen molar-refractivity contribution in [1.29, 1.82) is 0 Å². The van der Waals surface area contributed by atoms with Gasteiger partial charge in [0, 0.05) is 45.4 Å². The van der Waals surface area contributed by atoms with Crippen molar-refractivity contribution in [2.75, 3.05) is 29.6 Å². The average Bonchev–Trinajstić information content (AvgIpc) is 3.18. The highest BCUT2D eigenvalue weighted by Crippen LogP contribution is 2.36. The molecule has 1 aliphatic rings. The van der Waals surface area contributed by atoms with Crippen molar-refractivity contribution in [2.45, 2.75) is 25.6 Å². The molecule has 1 aromatic heterocycles. The Kier molecular flexibility index (Phi) is 7.27. The number of benzene rings is 2. The van der Waals surface area contributed by atoms with Crippen LogP contribution in [0, 0.1) is 0 Å². The Hall–Kier alpha value is -3.18.